The van der Waals surface area contributed by atoms with Crippen molar-refractivity contribution in [2.24, 2.45) is 0 Å². The lowest BCUT2D eigenvalue weighted by atomic mass is 10.1. The first-order chi connectivity index (χ1) is 6.88. The molecule has 0 aromatic heterocycles. The molecule has 2 nitrogen and oxygen atoms in total. The van der Waals surface area contributed by atoms with E-state index in [4.69, 9.17) is 0 Å². The van der Waals surface area contributed by atoms with Gasteiger partial charge in [-0.1, -0.05) is 12.1 Å². The van der Waals surface area contributed by atoms with E-state index < -0.39 is 0 Å². The van der Waals surface area contributed by atoms with Crippen molar-refractivity contribution in [1.29, 1.82) is 0 Å². The summed E-state index contributed by atoms with van der Waals surface area (Å²) in [6.07, 6.45) is 0. The Morgan fingerprint density at radius 1 is 1.40 bits per heavy atom. The lowest BCUT2D eigenvalue weighted by Crippen LogP contribution is -2.39. The highest BCUT2D eigenvalue weighted by Crippen LogP contribution is 2.05. The molecule has 0 aliphatic rings. The third-order valence-corrected chi connectivity index (χ3v) is 1.93. The van der Waals surface area contributed by atoms with E-state index in [2.05, 4.69) is 5.32 Å². The SMILES string of the molecule is CC(C)(C)NCC(=O)c1cccc(F)c1. The minimum absolute atomic E-state index is 0.0931. The minimum atomic E-state index is -0.378. The Morgan fingerprint density at radius 2 is 2.07 bits per heavy atom. The Bertz CT molecular complexity index is 355. The summed E-state index contributed by atoms with van der Waals surface area (Å²) in [6, 6.07) is 5.75. The van der Waals surface area contributed by atoms with Crippen LogP contribution in [0.3, 0.4) is 0 Å². The molecule has 0 bridgehead atoms. The van der Waals surface area contributed by atoms with E-state index in [1.54, 1.807) is 12.1 Å². The summed E-state index contributed by atoms with van der Waals surface area (Å²) in [4.78, 5) is 11.6. The molecule has 1 aromatic rings. The molecule has 0 atom stereocenters. The van der Waals surface area contributed by atoms with E-state index in [9.17, 15) is 9.18 Å². The molecule has 0 saturated carbocycles. The number of carbonyl (C=O) groups excluding carboxylic acids is 1. The summed E-state index contributed by atoms with van der Waals surface area (Å²) in [6.45, 7) is 6.16. The van der Waals surface area contributed by atoms with Gasteiger partial charge in [-0.05, 0) is 32.9 Å². The van der Waals surface area contributed by atoms with Gasteiger partial charge in [-0.25, -0.2) is 4.39 Å². The molecule has 0 aliphatic heterocycles. The first-order valence-corrected chi connectivity index (χ1v) is 4.92. The molecule has 1 rings (SSSR count). The van der Waals surface area contributed by atoms with Crippen LogP contribution in [-0.2, 0) is 0 Å². The zero-order valence-electron chi connectivity index (χ0n) is 9.30. The minimum Gasteiger partial charge on any atom is -0.305 e. The summed E-state index contributed by atoms with van der Waals surface area (Å²) in [5, 5.41) is 3.07. The first-order valence-electron chi connectivity index (χ1n) is 4.92. The van der Waals surface area contributed by atoms with Crippen LogP contribution in [-0.4, -0.2) is 17.9 Å². The molecule has 0 aliphatic carbocycles. The van der Waals surface area contributed by atoms with Crippen molar-refractivity contribution in [3.63, 3.8) is 0 Å². The van der Waals surface area contributed by atoms with Crippen LogP contribution in [0.2, 0.25) is 0 Å². The van der Waals surface area contributed by atoms with Crippen molar-refractivity contribution >= 4 is 5.78 Å². The molecule has 15 heavy (non-hydrogen) atoms. The Balaban J connectivity index is 2.62. The maximum Gasteiger partial charge on any atom is 0.176 e. The topological polar surface area (TPSA) is 29.1 Å². The molecule has 1 aromatic carbocycles. The summed E-state index contributed by atoms with van der Waals surface area (Å²) in [5.74, 6) is -0.471. The highest BCUT2D eigenvalue weighted by atomic mass is 19.1. The zero-order valence-corrected chi connectivity index (χ0v) is 9.30. The smallest absolute Gasteiger partial charge is 0.176 e. The van der Waals surface area contributed by atoms with Crippen LogP contribution in [0.5, 0.6) is 0 Å². The summed E-state index contributed by atoms with van der Waals surface area (Å²) < 4.78 is 12.8. The average Bonchev–Trinajstić information content (AvgIpc) is 2.13. The second-order valence-corrected chi connectivity index (χ2v) is 4.54. The number of halogens is 1. The van der Waals surface area contributed by atoms with E-state index in [-0.39, 0.29) is 23.7 Å². The predicted molar refractivity (Wildman–Crippen MR) is 58.5 cm³/mol. The molecule has 0 fully saturated rings. The van der Waals surface area contributed by atoms with Gasteiger partial charge in [0.05, 0.1) is 6.54 Å². The number of ketones is 1. The fraction of sp³-hybridized carbons (Fsp3) is 0.417. The van der Waals surface area contributed by atoms with Crippen molar-refractivity contribution in [2.45, 2.75) is 26.3 Å². The molecule has 0 spiro atoms. The number of hydrogen-bond donors (Lipinski definition) is 1. The summed E-state index contributed by atoms with van der Waals surface area (Å²) in [7, 11) is 0. The number of carbonyl (C=O) groups is 1. The van der Waals surface area contributed by atoms with E-state index >= 15 is 0 Å². The van der Waals surface area contributed by atoms with Crippen LogP contribution in [0.25, 0.3) is 0 Å². The molecule has 0 saturated heterocycles. The van der Waals surface area contributed by atoms with Crippen LogP contribution in [0.1, 0.15) is 31.1 Å². The van der Waals surface area contributed by atoms with Gasteiger partial charge >= 0.3 is 0 Å². The largest absolute Gasteiger partial charge is 0.305 e. The number of nitrogens with one attached hydrogen (secondary N) is 1. The maximum absolute atomic E-state index is 12.8. The Kier molecular flexibility index (Phi) is 3.58. The van der Waals surface area contributed by atoms with E-state index in [1.807, 2.05) is 20.8 Å². The van der Waals surface area contributed by atoms with Crippen molar-refractivity contribution in [2.75, 3.05) is 6.54 Å². The third kappa shape index (κ3) is 4.21. The van der Waals surface area contributed by atoms with Gasteiger partial charge in [0, 0.05) is 11.1 Å². The molecule has 0 unspecified atom stereocenters. The molecule has 82 valence electrons. The van der Waals surface area contributed by atoms with E-state index in [0.29, 0.717) is 5.56 Å². The maximum atomic E-state index is 12.8. The average molecular weight is 209 g/mol. The van der Waals surface area contributed by atoms with Gasteiger partial charge in [0.25, 0.3) is 0 Å². The zero-order chi connectivity index (χ0) is 11.5. The second kappa shape index (κ2) is 4.53. The van der Waals surface area contributed by atoms with E-state index in [1.165, 1.54) is 12.1 Å². The molecule has 0 radical (unpaired) electrons. The highest BCUT2D eigenvalue weighted by Gasteiger charge is 2.12. The van der Waals surface area contributed by atoms with Crippen LogP contribution >= 0.6 is 0 Å². The lowest BCUT2D eigenvalue weighted by Gasteiger charge is -2.19. The molecular formula is C12H16FNO. The number of Topliss-reactive ketones (excluding diaryl/α,β-unsaturated/α-hetero) is 1. The summed E-state index contributed by atoms with van der Waals surface area (Å²) in [5.41, 5.74) is 0.301. The number of benzene rings is 1. The van der Waals surface area contributed by atoms with Gasteiger partial charge < -0.3 is 5.32 Å². The highest BCUT2D eigenvalue weighted by molar-refractivity contribution is 5.97. The van der Waals surface area contributed by atoms with Gasteiger partial charge in [0.2, 0.25) is 0 Å². The van der Waals surface area contributed by atoms with Crippen LogP contribution < -0.4 is 5.32 Å². The molecular weight excluding hydrogens is 193 g/mol. The Morgan fingerprint density at radius 3 is 2.60 bits per heavy atom. The normalized spacial score (nSPS) is 11.5. The fourth-order valence-electron chi connectivity index (χ4n) is 1.11. The van der Waals surface area contributed by atoms with Gasteiger partial charge in [-0.15, -0.1) is 0 Å². The van der Waals surface area contributed by atoms with Crippen molar-refractivity contribution in [1.82, 2.24) is 5.32 Å². The number of rotatable bonds is 3. The fourth-order valence-corrected chi connectivity index (χ4v) is 1.11. The Hall–Kier alpha value is -1.22. The second-order valence-electron chi connectivity index (χ2n) is 4.54. The van der Waals surface area contributed by atoms with Gasteiger partial charge in [0.15, 0.2) is 5.78 Å². The van der Waals surface area contributed by atoms with Crippen LogP contribution in [0.4, 0.5) is 4.39 Å². The molecule has 0 heterocycles. The standard InChI is InChI=1S/C12H16FNO/c1-12(2,3)14-8-11(15)9-5-4-6-10(13)7-9/h4-7,14H,8H2,1-3H3. The van der Waals surface area contributed by atoms with Crippen molar-refractivity contribution in [3.8, 4) is 0 Å². The molecule has 1 N–H and O–H groups in total. The quantitative estimate of drug-likeness (QED) is 0.774. The lowest BCUT2D eigenvalue weighted by molar-refractivity contribution is 0.0981. The van der Waals surface area contributed by atoms with Crippen molar-refractivity contribution in [3.05, 3.63) is 35.6 Å². The monoisotopic (exact) mass is 209 g/mol. The van der Waals surface area contributed by atoms with Gasteiger partial charge in [-0.2, -0.15) is 0 Å². The van der Waals surface area contributed by atoms with Crippen LogP contribution in [0.15, 0.2) is 24.3 Å². The summed E-state index contributed by atoms with van der Waals surface area (Å²) >= 11 is 0. The van der Waals surface area contributed by atoms with Crippen LogP contribution in [0, 0.1) is 5.82 Å². The molecule has 0 amide bonds. The third-order valence-electron chi connectivity index (χ3n) is 1.93. The van der Waals surface area contributed by atoms with E-state index in [0.717, 1.165) is 0 Å². The van der Waals surface area contributed by atoms with Gasteiger partial charge in [0.1, 0.15) is 5.82 Å². The Labute approximate surface area is 89.5 Å². The predicted octanol–water partition coefficient (Wildman–Crippen LogP) is 2.40. The molecule has 3 heteroatoms. The van der Waals surface area contributed by atoms with Crippen molar-refractivity contribution < 1.29 is 9.18 Å². The first kappa shape index (κ1) is 11.9. The van der Waals surface area contributed by atoms with Gasteiger partial charge in [-0.3, -0.25) is 4.79 Å². The number of hydrogen-bond acceptors (Lipinski definition) is 2.